The summed E-state index contributed by atoms with van der Waals surface area (Å²) in [6, 6.07) is 7.63. The van der Waals surface area contributed by atoms with Gasteiger partial charge in [0.15, 0.2) is 0 Å². The van der Waals surface area contributed by atoms with Gasteiger partial charge in [-0.05, 0) is 19.1 Å². The number of esters is 1. The molecule has 2 rings (SSSR count). The molecule has 0 aliphatic carbocycles. The van der Waals surface area contributed by atoms with Gasteiger partial charge in [-0.25, -0.2) is 4.79 Å². The first-order valence-corrected chi connectivity index (χ1v) is 4.95. The molecule has 0 saturated carbocycles. The maximum atomic E-state index is 11.7. The lowest BCUT2D eigenvalue weighted by molar-refractivity contribution is 0.0528. The molecule has 0 N–H and O–H groups in total. The van der Waals surface area contributed by atoms with E-state index in [0.717, 1.165) is 10.9 Å². The van der Waals surface area contributed by atoms with Gasteiger partial charge in [-0.3, -0.25) is 0 Å². The fraction of sp³-hybridized carbons (Fsp3) is 0.250. The molecule has 0 spiro atoms. The predicted octanol–water partition coefficient (Wildman–Crippen LogP) is 2.36. The van der Waals surface area contributed by atoms with E-state index in [0.29, 0.717) is 12.2 Å². The van der Waals surface area contributed by atoms with Crippen LogP contribution >= 0.6 is 0 Å². The number of carbonyl (C=O) groups excluding carboxylic acids is 1. The number of para-hydroxylation sites is 1. The Morgan fingerprint density at radius 1 is 1.40 bits per heavy atom. The van der Waals surface area contributed by atoms with E-state index in [1.807, 2.05) is 42.9 Å². The fourth-order valence-corrected chi connectivity index (χ4v) is 1.73. The van der Waals surface area contributed by atoms with Crippen molar-refractivity contribution in [3.63, 3.8) is 0 Å². The van der Waals surface area contributed by atoms with E-state index in [4.69, 9.17) is 4.74 Å². The molecule has 3 heteroatoms. The van der Waals surface area contributed by atoms with Crippen molar-refractivity contribution in [2.24, 2.45) is 7.05 Å². The first-order chi connectivity index (χ1) is 7.24. The van der Waals surface area contributed by atoms with Crippen LogP contribution in [0, 0.1) is 0 Å². The topological polar surface area (TPSA) is 31.2 Å². The molecule has 78 valence electrons. The number of ether oxygens (including phenoxy) is 1. The number of hydrogen-bond acceptors (Lipinski definition) is 2. The van der Waals surface area contributed by atoms with Crippen molar-refractivity contribution >= 4 is 16.9 Å². The molecule has 1 heterocycles. The molecule has 0 amide bonds. The predicted molar refractivity (Wildman–Crippen MR) is 58.9 cm³/mol. The highest BCUT2D eigenvalue weighted by molar-refractivity contribution is 6.03. The largest absolute Gasteiger partial charge is 0.462 e. The Labute approximate surface area is 88.3 Å². The molecule has 2 aromatic rings. The summed E-state index contributed by atoms with van der Waals surface area (Å²) in [4.78, 5) is 11.7. The van der Waals surface area contributed by atoms with Gasteiger partial charge >= 0.3 is 5.97 Å². The Morgan fingerprint density at radius 2 is 2.20 bits per heavy atom. The molecule has 0 aliphatic heterocycles. The van der Waals surface area contributed by atoms with Crippen LogP contribution in [0.25, 0.3) is 10.9 Å². The number of hydrogen-bond donors (Lipinski definition) is 0. The molecule has 0 atom stereocenters. The van der Waals surface area contributed by atoms with Crippen LogP contribution in [0.15, 0.2) is 30.5 Å². The molecule has 3 nitrogen and oxygen atoms in total. The smallest absolute Gasteiger partial charge is 0.340 e. The van der Waals surface area contributed by atoms with Crippen LogP contribution in [0.3, 0.4) is 0 Å². The standard InChI is InChI=1S/C12H13NO2/c1-3-15-12(14)10-6-4-5-9-7-8-13(2)11(9)10/h4-8H,3H2,1-2H3. The van der Waals surface area contributed by atoms with Gasteiger partial charge in [0.05, 0.1) is 17.7 Å². The minimum Gasteiger partial charge on any atom is -0.462 e. The summed E-state index contributed by atoms with van der Waals surface area (Å²) in [5.74, 6) is -0.259. The van der Waals surface area contributed by atoms with Crippen LogP contribution in [0.5, 0.6) is 0 Å². The Kier molecular flexibility index (Phi) is 2.46. The summed E-state index contributed by atoms with van der Waals surface area (Å²) in [6.45, 7) is 2.21. The highest BCUT2D eigenvalue weighted by Crippen LogP contribution is 2.19. The molecule has 1 aromatic heterocycles. The molecule has 0 fully saturated rings. The van der Waals surface area contributed by atoms with E-state index < -0.39 is 0 Å². The van der Waals surface area contributed by atoms with E-state index in [1.54, 1.807) is 6.07 Å². The van der Waals surface area contributed by atoms with Crippen molar-refractivity contribution in [1.29, 1.82) is 0 Å². The molecule has 15 heavy (non-hydrogen) atoms. The minimum absolute atomic E-state index is 0.259. The normalized spacial score (nSPS) is 10.5. The van der Waals surface area contributed by atoms with Gasteiger partial charge in [-0.1, -0.05) is 12.1 Å². The number of nitrogens with zero attached hydrogens (tertiary/aromatic N) is 1. The first-order valence-electron chi connectivity index (χ1n) is 4.95. The summed E-state index contributed by atoms with van der Waals surface area (Å²) in [5, 5.41) is 1.06. The summed E-state index contributed by atoms with van der Waals surface area (Å²) in [5.41, 5.74) is 1.55. The number of aromatic nitrogens is 1. The van der Waals surface area contributed by atoms with Gasteiger partial charge in [0.1, 0.15) is 0 Å². The number of aryl methyl sites for hydroxylation is 1. The van der Waals surface area contributed by atoms with Crippen molar-refractivity contribution in [3.8, 4) is 0 Å². The number of fused-ring (bicyclic) bond motifs is 1. The average molecular weight is 203 g/mol. The second-order valence-corrected chi connectivity index (χ2v) is 3.39. The van der Waals surface area contributed by atoms with Crippen molar-refractivity contribution in [3.05, 3.63) is 36.0 Å². The van der Waals surface area contributed by atoms with Gasteiger partial charge < -0.3 is 9.30 Å². The number of benzene rings is 1. The fourth-order valence-electron chi connectivity index (χ4n) is 1.73. The lowest BCUT2D eigenvalue weighted by Gasteiger charge is -2.05. The number of rotatable bonds is 2. The van der Waals surface area contributed by atoms with Gasteiger partial charge in [0.25, 0.3) is 0 Å². The van der Waals surface area contributed by atoms with Crippen LogP contribution in [-0.4, -0.2) is 17.1 Å². The third-order valence-electron chi connectivity index (χ3n) is 2.39. The third-order valence-corrected chi connectivity index (χ3v) is 2.39. The van der Waals surface area contributed by atoms with Crippen molar-refractivity contribution in [2.75, 3.05) is 6.61 Å². The van der Waals surface area contributed by atoms with Crippen molar-refractivity contribution in [1.82, 2.24) is 4.57 Å². The third kappa shape index (κ3) is 1.61. The highest BCUT2D eigenvalue weighted by atomic mass is 16.5. The highest BCUT2D eigenvalue weighted by Gasteiger charge is 2.12. The van der Waals surface area contributed by atoms with Crippen LogP contribution in [0.4, 0.5) is 0 Å². The monoisotopic (exact) mass is 203 g/mol. The summed E-state index contributed by atoms with van der Waals surface area (Å²) in [6.07, 6.45) is 1.94. The van der Waals surface area contributed by atoms with E-state index in [2.05, 4.69) is 0 Å². The van der Waals surface area contributed by atoms with Gasteiger partial charge in [0.2, 0.25) is 0 Å². The lowest BCUT2D eigenvalue weighted by Crippen LogP contribution is -2.06. The first kappa shape index (κ1) is 9.77. The lowest BCUT2D eigenvalue weighted by atomic mass is 10.1. The van der Waals surface area contributed by atoms with Crippen LogP contribution in [0.2, 0.25) is 0 Å². The molecule has 0 bridgehead atoms. The van der Waals surface area contributed by atoms with Crippen molar-refractivity contribution < 1.29 is 9.53 Å². The Bertz CT molecular complexity index is 499. The second-order valence-electron chi connectivity index (χ2n) is 3.39. The van der Waals surface area contributed by atoms with Gasteiger partial charge in [-0.15, -0.1) is 0 Å². The Morgan fingerprint density at radius 3 is 2.93 bits per heavy atom. The second kappa shape index (κ2) is 3.77. The van der Waals surface area contributed by atoms with E-state index in [1.165, 1.54) is 0 Å². The maximum Gasteiger partial charge on any atom is 0.340 e. The van der Waals surface area contributed by atoms with Crippen LogP contribution in [-0.2, 0) is 11.8 Å². The molecule has 0 radical (unpaired) electrons. The SMILES string of the molecule is CCOC(=O)c1cccc2ccn(C)c12. The molecule has 1 aromatic carbocycles. The zero-order valence-electron chi connectivity index (χ0n) is 8.86. The van der Waals surface area contributed by atoms with E-state index in [9.17, 15) is 4.79 Å². The molecule has 0 unspecified atom stereocenters. The summed E-state index contributed by atoms with van der Waals surface area (Å²) < 4.78 is 6.94. The zero-order valence-corrected chi connectivity index (χ0v) is 8.86. The number of carbonyl (C=O) groups is 1. The Balaban J connectivity index is 2.59. The average Bonchev–Trinajstić information content (AvgIpc) is 2.61. The van der Waals surface area contributed by atoms with E-state index in [-0.39, 0.29) is 5.97 Å². The van der Waals surface area contributed by atoms with E-state index >= 15 is 0 Å². The molecule has 0 aliphatic rings. The summed E-state index contributed by atoms with van der Waals surface area (Å²) in [7, 11) is 1.92. The summed E-state index contributed by atoms with van der Waals surface area (Å²) >= 11 is 0. The van der Waals surface area contributed by atoms with Gasteiger partial charge in [-0.2, -0.15) is 0 Å². The minimum atomic E-state index is -0.259. The maximum absolute atomic E-state index is 11.7. The molecule has 0 saturated heterocycles. The zero-order chi connectivity index (χ0) is 10.8. The van der Waals surface area contributed by atoms with Crippen molar-refractivity contribution in [2.45, 2.75) is 6.92 Å². The Hall–Kier alpha value is -1.77. The van der Waals surface area contributed by atoms with Crippen LogP contribution in [0.1, 0.15) is 17.3 Å². The molecular formula is C12H13NO2. The molecular weight excluding hydrogens is 190 g/mol. The van der Waals surface area contributed by atoms with Crippen LogP contribution < -0.4 is 0 Å². The quantitative estimate of drug-likeness (QED) is 0.701. The van der Waals surface area contributed by atoms with Gasteiger partial charge in [0, 0.05) is 18.6 Å².